The van der Waals surface area contributed by atoms with Crippen molar-refractivity contribution >= 4 is 11.7 Å². The Morgan fingerprint density at radius 1 is 1.38 bits per heavy atom. The van der Waals surface area contributed by atoms with E-state index < -0.39 is 5.97 Å². The molecule has 0 bridgehead atoms. The highest BCUT2D eigenvalue weighted by Crippen LogP contribution is 2.23. The number of aliphatic carboxylic acids is 1. The highest BCUT2D eigenvalue weighted by molar-refractivity contribution is 6.34. The van der Waals surface area contributed by atoms with Gasteiger partial charge in [0.05, 0.1) is 0 Å². The molecule has 92 valence electrons. The van der Waals surface area contributed by atoms with Gasteiger partial charge >= 0.3 is 5.97 Å². The van der Waals surface area contributed by atoms with Gasteiger partial charge in [0.15, 0.2) is 0 Å². The van der Waals surface area contributed by atoms with Crippen LogP contribution < -0.4 is 0 Å². The van der Waals surface area contributed by atoms with Crippen LogP contribution in [0.15, 0.2) is 5.10 Å². The van der Waals surface area contributed by atoms with Crippen molar-refractivity contribution in [2.24, 2.45) is 5.10 Å². The van der Waals surface area contributed by atoms with E-state index >= 15 is 0 Å². The maximum absolute atomic E-state index is 10.8. The summed E-state index contributed by atoms with van der Waals surface area (Å²) in [5.41, 5.74) is 0.194. The molecule has 4 nitrogen and oxygen atoms in total. The van der Waals surface area contributed by atoms with Gasteiger partial charge < -0.3 is 5.11 Å². The summed E-state index contributed by atoms with van der Waals surface area (Å²) < 4.78 is 0. The van der Waals surface area contributed by atoms with E-state index in [1.165, 1.54) is 19.3 Å². The molecule has 0 heterocycles. The third kappa shape index (κ3) is 3.83. The fourth-order valence-corrected chi connectivity index (χ4v) is 2.16. The summed E-state index contributed by atoms with van der Waals surface area (Å²) in [5, 5.41) is 15.1. The topological polar surface area (TPSA) is 52.9 Å². The predicted molar refractivity (Wildman–Crippen MR) is 64.6 cm³/mol. The van der Waals surface area contributed by atoms with Crippen LogP contribution in [-0.4, -0.2) is 34.4 Å². The van der Waals surface area contributed by atoms with E-state index in [0.29, 0.717) is 6.04 Å². The van der Waals surface area contributed by atoms with Crippen LogP contribution in [0, 0.1) is 0 Å². The number of nitrogens with zero attached hydrogens (tertiary/aromatic N) is 2. The molecule has 1 fully saturated rings. The average Bonchev–Trinajstić information content (AvgIpc) is 2.29. The lowest BCUT2D eigenvalue weighted by molar-refractivity contribution is -0.129. The molecule has 0 unspecified atom stereocenters. The van der Waals surface area contributed by atoms with Crippen molar-refractivity contribution in [3.8, 4) is 0 Å². The van der Waals surface area contributed by atoms with Crippen molar-refractivity contribution in [3.05, 3.63) is 0 Å². The zero-order valence-corrected chi connectivity index (χ0v) is 10.3. The van der Waals surface area contributed by atoms with Crippen molar-refractivity contribution in [2.45, 2.75) is 58.4 Å². The first kappa shape index (κ1) is 13.0. The van der Waals surface area contributed by atoms with E-state index in [-0.39, 0.29) is 5.71 Å². The molecular weight excluding hydrogens is 204 g/mol. The Bertz CT molecular complexity index is 258. The standard InChI is InChI=1S/C12H22N2O2/c1-3-9-14(13-10(2)12(15)16)11-7-5-4-6-8-11/h11H,3-9H2,1-2H3,(H,15,16). The Kier molecular flexibility index (Phi) is 5.29. The second kappa shape index (κ2) is 6.51. The molecule has 0 spiro atoms. The van der Waals surface area contributed by atoms with Crippen LogP contribution in [0.25, 0.3) is 0 Å². The van der Waals surface area contributed by atoms with Gasteiger partial charge in [0.2, 0.25) is 0 Å². The van der Waals surface area contributed by atoms with E-state index in [0.717, 1.165) is 25.8 Å². The molecule has 0 aliphatic heterocycles. The molecule has 4 heteroatoms. The minimum Gasteiger partial charge on any atom is -0.477 e. The van der Waals surface area contributed by atoms with Gasteiger partial charge in [-0.25, -0.2) is 4.79 Å². The lowest BCUT2D eigenvalue weighted by Gasteiger charge is -2.32. The Hall–Kier alpha value is -1.06. The largest absolute Gasteiger partial charge is 0.477 e. The Morgan fingerprint density at radius 2 is 2.00 bits per heavy atom. The van der Waals surface area contributed by atoms with Crippen LogP contribution in [0.4, 0.5) is 0 Å². The van der Waals surface area contributed by atoms with E-state index in [2.05, 4.69) is 12.0 Å². The zero-order valence-electron chi connectivity index (χ0n) is 10.3. The first-order chi connectivity index (χ1) is 7.65. The van der Waals surface area contributed by atoms with Gasteiger partial charge in [-0.1, -0.05) is 26.2 Å². The van der Waals surface area contributed by atoms with Gasteiger partial charge in [0.1, 0.15) is 5.71 Å². The van der Waals surface area contributed by atoms with Crippen molar-refractivity contribution in [1.29, 1.82) is 0 Å². The van der Waals surface area contributed by atoms with Crippen molar-refractivity contribution in [2.75, 3.05) is 6.54 Å². The number of carbonyl (C=O) groups is 1. The lowest BCUT2D eigenvalue weighted by atomic mass is 9.95. The summed E-state index contributed by atoms with van der Waals surface area (Å²) in [6.45, 7) is 4.52. The summed E-state index contributed by atoms with van der Waals surface area (Å²) >= 11 is 0. The molecule has 0 aromatic carbocycles. The van der Waals surface area contributed by atoms with Gasteiger partial charge in [-0.15, -0.1) is 0 Å². The maximum Gasteiger partial charge on any atom is 0.351 e. The summed E-state index contributed by atoms with van der Waals surface area (Å²) in [4.78, 5) is 10.8. The Balaban J connectivity index is 2.65. The minimum absolute atomic E-state index is 0.194. The third-order valence-corrected chi connectivity index (χ3v) is 3.04. The number of hydrogen-bond acceptors (Lipinski definition) is 3. The van der Waals surface area contributed by atoms with Crippen LogP contribution >= 0.6 is 0 Å². The molecule has 0 aromatic heterocycles. The molecule has 1 N–H and O–H groups in total. The Morgan fingerprint density at radius 3 is 2.50 bits per heavy atom. The number of carboxylic acid groups (broad SMARTS) is 1. The molecule has 1 aliphatic carbocycles. The Labute approximate surface area is 97.3 Å². The fraction of sp³-hybridized carbons (Fsp3) is 0.833. The minimum atomic E-state index is -0.920. The van der Waals surface area contributed by atoms with Crippen LogP contribution in [0.2, 0.25) is 0 Å². The van der Waals surface area contributed by atoms with E-state index in [9.17, 15) is 4.79 Å². The van der Waals surface area contributed by atoms with Gasteiger partial charge in [-0.3, -0.25) is 5.01 Å². The second-order valence-electron chi connectivity index (χ2n) is 4.45. The smallest absolute Gasteiger partial charge is 0.351 e. The van der Waals surface area contributed by atoms with Gasteiger partial charge in [-0.05, 0) is 26.2 Å². The molecule has 0 saturated heterocycles. The predicted octanol–water partition coefficient (Wildman–Crippen LogP) is 2.49. The lowest BCUT2D eigenvalue weighted by Crippen LogP contribution is -2.34. The molecule has 0 amide bonds. The van der Waals surface area contributed by atoms with Gasteiger partial charge in [0.25, 0.3) is 0 Å². The van der Waals surface area contributed by atoms with Crippen LogP contribution in [0.3, 0.4) is 0 Å². The first-order valence-corrected chi connectivity index (χ1v) is 6.20. The summed E-state index contributed by atoms with van der Waals surface area (Å²) in [6, 6.07) is 0.447. The number of hydrogen-bond donors (Lipinski definition) is 1. The zero-order chi connectivity index (χ0) is 12.0. The number of hydrazone groups is 1. The molecular formula is C12H22N2O2. The molecule has 16 heavy (non-hydrogen) atoms. The van der Waals surface area contributed by atoms with E-state index in [4.69, 9.17) is 5.11 Å². The van der Waals surface area contributed by atoms with Crippen LogP contribution in [0.5, 0.6) is 0 Å². The quantitative estimate of drug-likeness (QED) is 0.579. The van der Waals surface area contributed by atoms with Crippen molar-refractivity contribution in [3.63, 3.8) is 0 Å². The first-order valence-electron chi connectivity index (χ1n) is 6.20. The molecule has 1 rings (SSSR count). The SMILES string of the molecule is CCCN(N=C(C)C(=O)O)C1CCCCC1. The highest BCUT2D eigenvalue weighted by Gasteiger charge is 2.20. The van der Waals surface area contributed by atoms with E-state index in [1.54, 1.807) is 6.92 Å². The number of rotatable bonds is 5. The summed E-state index contributed by atoms with van der Waals surface area (Å²) in [5.74, 6) is -0.920. The van der Waals surface area contributed by atoms with Gasteiger partial charge in [-0.2, -0.15) is 5.10 Å². The van der Waals surface area contributed by atoms with Crippen molar-refractivity contribution in [1.82, 2.24) is 5.01 Å². The van der Waals surface area contributed by atoms with Crippen LogP contribution in [0.1, 0.15) is 52.4 Å². The average molecular weight is 226 g/mol. The molecule has 1 aliphatic rings. The summed E-state index contributed by atoms with van der Waals surface area (Å²) in [7, 11) is 0. The molecule has 0 atom stereocenters. The van der Waals surface area contributed by atoms with Crippen molar-refractivity contribution < 1.29 is 9.90 Å². The number of carboxylic acids is 1. The van der Waals surface area contributed by atoms with Crippen LogP contribution in [-0.2, 0) is 4.79 Å². The monoisotopic (exact) mass is 226 g/mol. The molecule has 0 aromatic rings. The van der Waals surface area contributed by atoms with E-state index in [1.807, 2.05) is 5.01 Å². The second-order valence-corrected chi connectivity index (χ2v) is 4.45. The fourth-order valence-electron chi connectivity index (χ4n) is 2.16. The molecule has 0 radical (unpaired) electrons. The summed E-state index contributed by atoms with van der Waals surface area (Å²) in [6.07, 6.45) is 7.09. The third-order valence-electron chi connectivity index (χ3n) is 3.04. The normalized spacial score (nSPS) is 18.5. The van der Waals surface area contributed by atoms with Gasteiger partial charge in [0, 0.05) is 12.6 Å². The molecule has 1 saturated carbocycles. The maximum atomic E-state index is 10.8. The highest BCUT2D eigenvalue weighted by atomic mass is 16.4.